The fourth-order valence-electron chi connectivity index (χ4n) is 1.55. The molecule has 0 aliphatic rings. The van der Waals surface area contributed by atoms with Crippen LogP contribution < -0.4 is 10.5 Å². The van der Waals surface area contributed by atoms with Crippen LogP contribution in [0.4, 0.5) is 11.4 Å². The van der Waals surface area contributed by atoms with E-state index in [4.69, 9.17) is 10.5 Å². The molecule has 102 valence electrons. The summed E-state index contributed by atoms with van der Waals surface area (Å²) in [6.07, 6.45) is 1.43. The highest BCUT2D eigenvalue weighted by molar-refractivity contribution is 5.92. The zero-order chi connectivity index (χ0) is 14.7. The SMILES string of the molecule is CC(=O)c1cc(Oc2ccc(N)c([N+](=O)[O-])c2)ccn1. The summed E-state index contributed by atoms with van der Waals surface area (Å²) >= 11 is 0. The van der Waals surface area contributed by atoms with Gasteiger partial charge in [0.25, 0.3) is 5.69 Å². The van der Waals surface area contributed by atoms with Gasteiger partial charge in [0.2, 0.25) is 0 Å². The first-order chi connectivity index (χ1) is 9.47. The lowest BCUT2D eigenvalue weighted by Crippen LogP contribution is -1.98. The van der Waals surface area contributed by atoms with Crippen LogP contribution in [-0.2, 0) is 0 Å². The van der Waals surface area contributed by atoms with E-state index in [1.807, 2.05) is 0 Å². The summed E-state index contributed by atoms with van der Waals surface area (Å²) in [5.74, 6) is 0.426. The van der Waals surface area contributed by atoms with E-state index in [0.29, 0.717) is 5.75 Å². The first-order valence-corrected chi connectivity index (χ1v) is 5.66. The molecule has 0 saturated carbocycles. The lowest BCUT2D eigenvalue weighted by molar-refractivity contribution is -0.384. The minimum absolute atomic E-state index is 0.0569. The van der Waals surface area contributed by atoms with Gasteiger partial charge in [0.1, 0.15) is 22.9 Å². The first-order valence-electron chi connectivity index (χ1n) is 5.66. The summed E-state index contributed by atoms with van der Waals surface area (Å²) in [4.78, 5) is 25.3. The molecule has 1 heterocycles. The number of nitro benzene ring substituents is 1. The number of carbonyl (C=O) groups is 1. The van der Waals surface area contributed by atoms with Crippen molar-refractivity contribution in [1.29, 1.82) is 0 Å². The van der Waals surface area contributed by atoms with Gasteiger partial charge in [-0.1, -0.05) is 0 Å². The van der Waals surface area contributed by atoms with Crippen LogP contribution in [0, 0.1) is 10.1 Å². The Morgan fingerprint density at radius 3 is 2.65 bits per heavy atom. The van der Waals surface area contributed by atoms with Crippen LogP contribution in [0.25, 0.3) is 0 Å². The molecule has 0 bridgehead atoms. The van der Waals surface area contributed by atoms with Crippen molar-refractivity contribution < 1.29 is 14.5 Å². The largest absolute Gasteiger partial charge is 0.457 e. The number of benzene rings is 1. The molecule has 2 N–H and O–H groups in total. The van der Waals surface area contributed by atoms with Gasteiger partial charge in [-0.05, 0) is 18.2 Å². The molecule has 0 amide bonds. The van der Waals surface area contributed by atoms with Crippen molar-refractivity contribution in [3.63, 3.8) is 0 Å². The third-order valence-corrected chi connectivity index (χ3v) is 2.53. The van der Waals surface area contributed by atoms with Crippen molar-refractivity contribution in [2.24, 2.45) is 0 Å². The van der Waals surface area contributed by atoms with E-state index < -0.39 is 4.92 Å². The van der Waals surface area contributed by atoms with Gasteiger partial charge in [0, 0.05) is 19.2 Å². The van der Waals surface area contributed by atoms with E-state index in [2.05, 4.69) is 4.98 Å². The maximum absolute atomic E-state index is 11.2. The predicted octanol–water partition coefficient (Wildman–Crippen LogP) is 2.57. The lowest BCUT2D eigenvalue weighted by atomic mass is 10.2. The fraction of sp³-hybridized carbons (Fsp3) is 0.0769. The molecule has 7 nitrogen and oxygen atoms in total. The molecular weight excluding hydrogens is 262 g/mol. The van der Waals surface area contributed by atoms with Crippen molar-refractivity contribution >= 4 is 17.2 Å². The third kappa shape index (κ3) is 2.89. The Balaban J connectivity index is 2.30. The Morgan fingerprint density at radius 1 is 1.30 bits per heavy atom. The number of carbonyl (C=O) groups excluding carboxylic acids is 1. The molecule has 0 unspecified atom stereocenters. The molecule has 2 aromatic rings. The standard InChI is InChI=1S/C13H11N3O4/c1-8(17)12-6-10(4-5-15-12)20-9-2-3-11(14)13(7-9)16(18)19/h2-7H,14H2,1H3. The normalized spacial score (nSPS) is 10.1. The Labute approximate surface area is 114 Å². The maximum atomic E-state index is 11.2. The van der Waals surface area contributed by atoms with Crippen molar-refractivity contribution in [2.75, 3.05) is 5.73 Å². The molecule has 1 aromatic carbocycles. The number of hydrogen-bond acceptors (Lipinski definition) is 6. The molecule has 7 heteroatoms. The zero-order valence-electron chi connectivity index (χ0n) is 10.6. The van der Waals surface area contributed by atoms with Crippen molar-refractivity contribution in [3.05, 3.63) is 52.3 Å². The smallest absolute Gasteiger partial charge is 0.295 e. The second-order valence-electron chi connectivity index (χ2n) is 4.01. The molecule has 1 aromatic heterocycles. The molecular formula is C13H11N3O4. The van der Waals surface area contributed by atoms with E-state index >= 15 is 0 Å². The highest BCUT2D eigenvalue weighted by Crippen LogP contribution is 2.29. The van der Waals surface area contributed by atoms with Crippen molar-refractivity contribution in [3.8, 4) is 11.5 Å². The molecule has 0 radical (unpaired) electrons. The highest BCUT2D eigenvalue weighted by atomic mass is 16.6. The van der Waals surface area contributed by atoms with Crippen LogP contribution >= 0.6 is 0 Å². The Hall–Kier alpha value is -2.96. The number of pyridine rings is 1. The second-order valence-corrected chi connectivity index (χ2v) is 4.01. The number of rotatable bonds is 4. The van der Waals surface area contributed by atoms with Gasteiger partial charge in [0.15, 0.2) is 5.78 Å². The lowest BCUT2D eigenvalue weighted by Gasteiger charge is -2.07. The van der Waals surface area contributed by atoms with Gasteiger partial charge in [-0.25, -0.2) is 0 Å². The molecule has 20 heavy (non-hydrogen) atoms. The Kier molecular flexibility index (Phi) is 3.60. The number of nitrogen functional groups attached to an aromatic ring is 1. The molecule has 0 fully saturated rings. The summed E-state index contributed by atoms with van der Waals surface area (Å²) in [5.41, 5.74) is 5.58. The van der Waals surface area contributed by atoms with E-state index in [-0.39, 0.29) is 28.6 Å². The Morgan fingerprint density at radius 2 is 2.00 bits per heavy atom. The van der Waals surface area contributed by atoms with E-state index in [1.54, 1.807) is 6.07 Å². The average Bonchev–Trinajstić information content (AvgIpc) is 2.41. The number of nitro groups is 1. The number of nitrogens with two attached hydrogens (primary N) is 1. The van der Waals surface area contributed by atoms with E-state index in [1.165, 1.54) is 37.4 Å². The van der Waals surface area contributed by atoms with Crippen LogP contribution in [0.1, 0.15) is 17.4 Å². The summed E-state index contributed by atoms with van der Waals surface area (Å²) in [6, 6.07) is 7.14. The quantitative estimate of drug-likeness (QED) is 0.397. The summed E-state index contributed by atoms with van der Waals surface area (Å²) < 4.78 is 5.46. The number of aromatic nitrogens is 1. The molecule has 2 rings (SSSR count). The van der Waals surface area contributed by atoms with Gasteiger partial charge in [0.05, 0.1) is 11.0 Å². The number of Topliss-reactive ketones (excluding diaryl/α,β-unsaturated/α-hetero) is 1. The Bertz CT molecular complexity index is 685. The number of ketones is 1. The van der Waals surface area contributed by atoms with Crippen molar-refractivity contribution in [1.82, 2.24) is 4.98 Å². The molecule has 0 saturated heterocycles. The summed E-state index contributed by atoms with van der Waals surface area (Å²) in [5, 5.41) is 10.8. The highest BCUT2D eigenvalue weighted by Gasteiger charge is 2.13. The number of anilines is 1. The topological polar surface area (TPSA) is 108 Å². The first kappa shape index (κ1) is 13.5. The van der Waals surface area contributed by atoms with Gasteiger partial charge in [-0.2, -0.15) is 0 Å². The van der Waals surface area contributed by atoms with Gasteiger partial charge < -0.3 is 10.5 Å². The van der Waals surface area contributed by atoms with Gasteiger partial charge >= 0.3 is 0 Å². The molecule has 0 aliphatic heterocycles. The maximum Gasteiger partial charge on any atom is 0.295 e. The second kappa shape index (κ2) is 5.35. The van der Waals surface area contributed by atoms with Crippen LogP contribution in [0.5, 0.6) is 11.5 Å². The summed E-state index contributed by atoms with van der Waals surface area (Å²) in [6.45, 7) is 1.39. The van der Waals surface area contributed by atoms with Crippen LogP contribution in [0.2, 0.25) is 0 Å². The van der Waals surface area contributed by atoms with E-state index in [0.717, 1.165) is 0 Å². The molecule has 0 aliphatic carbocycles. The fourth-order valence-corrected chi connectivity index (χ4v) is 1.55. The van der Waals surface area contributed by atoms with Crippen LogP contribution in [0.15, 0.2) is 36.5 Å². The average molecular weight is 273 g/mol. The predicted molar refractivity (Wildman–Crippen MR) is 71.8 cm³/mol. The molecule has 0 atom stereocenters. The van der Waals surface area contributed by atoms with Gasteiger partial charge in [-0.15, -0.1) is 0 Å². The third-order valence-electron chi connectivity index (χ3n) is 2.53. The van der Waals surface area contributed by atoms with Crippen molar-refractivity contribution in [2.45, 2.75) is 6.92 Å². The minimum atomic E-state index is -0.588. The van der Waals surface area contributed by atoms with Crippen LogP contribution in [-0.4, -0.2) is 15.7 Å². The molecule has 0 spiro atoms. The van der Waals surface area contributed by atoms with Gasteiger partial charge in [-0.3, -0.25) is 19.9 Å². The zero-order valence-corrected chi connectivity index (χ0v) is 10.6. The monoisotopic (exact) mass is 273 g/mol. The van der Waals surface area contributed by atoms with Crippen LogP contribution in [0.3, 0.4) is 0 Å². The number of nitrogens with zero attached hydrogens (tertiary/aromatic N) is 2. The number of ether oxygens (including phenoxy) is 1. The number of hydrogen-bond donors (Lipinski definition) is 1. The summed E-state index contributed by atoms with van der Waals surface area (Å²) in [7, 11) is 0. The minimum Gasteiger partial charge on any atom is -0.457 e. The van der Waals surface area contributed by atoms with E-state index in [9.17, 15) is 14.9 Å².